The number of aryl methyl sites for hydroxylation is 1. The zero-order chi connectivity index (χ0) is 15.8. The van der Waals surface area contributed by atoms with Crippen molar-refractivity contribution in [3.8, 4) is 0 Å². The Morgan fingerprint density at radius 2 is 2.14 bits per heavy atom. The molecule has 1 aliphatic rings. The number of piperidine rings is 1. The number of furan rings is 1. The van der Waals surface area contributed by atoms with Crippen LogP contribution in [0.4, 0.5) is 0 Å². The molecule has 0 bridgehead atoms. The fraction of sp³-hybridized carbons (Fsp3) is 0.364. The minimum atomic E-state index is -4.13. The Balaban J connectivity index is 2.24. The average molecular weight is 316 g/mol. The molecule has 0 aromatic carbocycles. The number of amides is 2. The predicted octanol–water partition coefficient (Wildman–Crippen LogP) is -0.630. The van der Waals surface area contributed by atoms with Crippen LogP contribution in [0.1, 0.15) is 29.2 Å². The van der Waals surface area contributed by atoms with Crippen LogP contribution in [0.3, 0.4) is 0 Å². The number of nitrogens with one attached hydrogen (secondary N) is 2. The van der Waals surface area contributed by atoms with Gasteiger partial charge in [-0.15, -0.1) is 0 Å². The van der Waals surface area contributed by atoms with E-state index in [2.05, 4.69) is 4.72 Å². The van der Waals surface area contributed by atoms with Gasteiger partial charge in [-0.2, -0.15) is 4.72 Å². The van der Waals surface area contributed by atoms with Crippen molar-refractivity contribution >= 4 is 27.8 Å². The lowest BCUT2D eigenvalue weighted by molar-refractivity contribution is -0.134. The number of carboxylic acid groups (broad SMARTS) is 1. The van der Waals surface area contributed by atoms with E-state index in [4.69, 9.17) is 9.52 Å². The SMILES string of the molecule is Cc1oc(C(=O)O)cc1S(=O)(=O)NC1CCC(=O)NC1=O. The van der Waals surface area contributed by atoms with E-state index in [0.717, 1.165) is 6.07 Å². The Labute approximate surface area is 119 Å². The number of carbonyl (C=O) groups is 3. The van der Waals surface area contributed by atoms with E-state index in [0.29, 0.717) is 0 Å². The lowest BCUT2D eigenvalue weighted by atomic mass is 10.1. The van der Waals surface area contributed by atoms with Gasteiger partial charge in [0.1, 0.15) is 16.7 Å². The Morgan fingerprint density at radius 3 is 2.67 bits per heavy atom. The van der Waals surface area contributed by atoms with E-state index >= 15 is 0 Å². The van der Waals surface area contributed by atoms with Crippen LogP contribution in [0.2, 0.25) is 0 Å². The van der Waals surface area contributed by atoms with Crippen molar-refractivity contribution < 1.29 is 32.3 Å². The second-order valence-electron chi connectivity index (χ2n) is 4.46. The Hall–Kier alpha value is -2.20. The minimum Gasteiger partial charge on any atom is -0.475 e. The quantitative estimate of drug-likeness (QED) is 0.627. The summed E-state index contributed by atoms with van der Waals surface area (Å²) >= 11 is 0. The molecule has 0 aliphatic carbocycles. The van der Waals surface area contributed by atoms with Crippen molar-refractivity contribution in [2.24, 2.45) is 0 Å². The fourth-order valence-corrected chi connectivity index (χ4v) is 3.30. The molecule has 9 nitrogen and oxygen atoms in total. The monoisotopic (exact) mass is 316 g/mol. The third-order valence-corrected chi connectivity index (χ3v) is 4.49. The predicted molar refractivity (Wildman–Crippen MR) is 66.9 cm³/mol. The molecule has 2 amide bonds. The van der Waals surface area contributed by atoms with Gasteiger partial charge in [0.25, 0.3) is 0 Å². The number of hydrogen-bond acceptors (Lipinski definition) is 6. The van der Waals surface area contributed by atoms with E-state index in [9.17, 15) is 22.8 Å². The van der Waals surface area contributed by atoms with Crippen LogP contribution in [-0.2, 0) is 19.6 Å². The lowest BCUT2D eigenvalue weighted by Crippen LogP contribution is -2.52. The van der Waals surface area contributed by atoms with Gasteiger partial charge in [-0.3, -0.25) is 14.9 Å². The van der Waals surface area contributed by atoms with Crippen LogP contribution >= 0.6 is 0 Å². The number of imide groups is 1. The van der Waals surface area contributed by atoms with E-state index in [-0.39, 0.29) is 23.5 Å². The van der Waals surface area contributed by atoms with Gasteiger partial charge in [-0.25, -0.2) is 13.2 Å². The summed E-state index contributed by atoms with van der Waals surface area (Å²) in [6, 6.07) is -0.221. The molecule has 1 atom stereocenters. The summed E-state index contributed by atoms with van der Waals surface area (Å²) in [5, 5.41) is 10.8. The highest BCUT2D eigenvalue weighted by molar-refractivity contribution is 7.89. The van der Waals surface area contributed by atoms with Crippen molar-refractivity contribution in [1.29, 1.82) is 0 Å². The first-order valence-corrected chi connectivity index (χ1v) is 7.39. The van der Waals surface area contributed by atoms with Gasteiger partial charge in [-0.1, -0.05) is 0 Å². The van der Waals surface area contributed by atoms with Gasteiger partial charge in [0.2, 0.25) is 27.6 Å². The maximum Gasteiger partial charge on any atom is 0.371 e. The highest BCUT2D eigenvalue weighted by Gasteiger charge is 2.32. The topological polar surface area (TPSA) is 143 Å². The molecule has 3 N–H and O–H groups in total. The molecule has 10 heteroatoms. The van der Waals surface area contributed by atoms with Crippen LogP contribution in [0.25, 0.3) is 0 Å². The maximum absolute atomic E-state index is 12.2. The minimum absolute atomic E-state index is 0.0175. The highest BCUT2D eigenvalue weighted by Crippen LogP contribution is 2.21. The van der Waals surface area contributed by atoms with Gasteiger partial charge in [-0.05, 0) is 13.3 Å². The maximum atomic E-state index is 12.2. The number of sulfonamides is 1. The summed E-state index contributed by atoms with van der Waals surface area (Å²) in [4.78, 5) is 32.9. The van der Waals surface area contributed by atoms with Gasteiger partial charge in [0, 0.05) is 12.5 Å². The molecule has 1 aromatic rings. The number of carbonyl (C=O) groups excluding carboxylic acids is 2. The third-order valence-electron chi connectivity index (χ3n) is 2.91. The summed E-state index contributed by atoms with van der Waals surface area (Å²) in [7, 11) is -4.13. The smallest absolute Gasteiger partial charge is 0.371 e. The Kier molecular flexibility index (Phi) is 3.83. The number of carboxylic acids is 1. The Morgan fingerprint density at radius 1 is 1.48 bits per heavy atom. The zero-order valence-electron chi connectivity index (χ0n) is 10.9. The van der Waals surface area contributed by atoms with Gasteiger partial charge >= 0.3 is 5.97 Å². The molecule has 1 aliphatic heterocycles. The molecule has 0 saturated carbocycles. The third kappa shape index (κ3) is 3.11. The first kappa shape index (κ1) is 15.2. The number of rotatable bonds is 4. The molecule has 2 rings (SSSR count). The molecule has 21 heavy (non-hydrogen) atoms. The van der Waals surface area contributed by atoms with E-state index in [1.807, 2.05) is 5.32 Å². The fourth-order valence-electron chi connectivity index (χ4n) is 1.89. The molecule has 1 saturated heterocycles. The van der Waals surface area contributed by atoms with Crippen molar-refractivity contribution in [1.82, 2.24) is 10.0 Å². The molecule has 0 spiro atoms. The van der Waals surface area contributed by atoms with Gasteiger partial charge in [0.15, 0.2) is 0 Å². The summed E-state index contributed by atoms with van der Waals surface area (Å²) < 4.78 is 31.3. The summed E-state index contributed by atoms with van der Waals surface area (Å²) in [5.74, 6) is -3.23. The largest absolute Gasteiger partial charge is 0.475 e. The molecule has 1 aromatic heterocycles. The van der Waals surface area contributed by atoms with E-state index < -0.39 is 39.6 Å². The van der Waals surface area contributed by atoms with Crippen molar-refractivity contribution in [3.05, 3.63) is 17.6 Å². The zero-order valence-corrected chi connectivity index (χ0v) is 11.7. The van der Waals surface area contributed by atoms with Crippen LogP contribution in [0, 0.1) is 6.92 Å². The first-order chi connectivity index (χ1) is 9.70. The van der Waals surface area contributed by atoms with Crippen LogP contribution in [0.15, 0.2) is 15.4 Å². The van der Waals surface area contributed by atoms with Crippen LogP contribution < -0.4 is 10.0 Å². The van der Waals surface area contributed by atoms with Crippen LogP contribution in [0.5, 0.6) is 0 Å². The van der Waals surface area contributed by atoms with Crippen molar-refractivity contribution in [3.63, 3.8) is 0 Å². The lowest BCUT2D eigenvalue weighted by Gasteiger charge is -2.21. The standard InChI is InChI=1S/C11H12N2O7S/c1-5-8(4-7(20-5)11(16)17)21(18,19)13-6-2-3-9(14)12-10(6)15/h4,6,13H,2-3H2,1H3,(H,16,17)(H,12,14,15). The van der Waals surface area contributed by atoms with E-state index in [1.165, 1.54) is 6.92 Å². The van der Waals surface area contributed by atoms with Gasteiger partial charge < -0.3 is 9.52 Å². The second kappa shape index (κ2) is 5.30. The molecule has 114 valence electrons. The normalized spacial score (nSPS) is 19.4. The van der Waals surface area contributed by atoms with Crippen molar-refractivity contribution in [2.75, 3.05) is 0 Å². The summed E-state index contributed by atoms with van der Waals surface area (Å²) in [6.45, 7) is 1.30. The summed E-state index contributed by atoms with van der Waals surface area (Å²) in [6.07, 6.45) is 0.0518. The molecule has 1 unspecified atom stereocenters. The number of hydrogen-bond donors (Lipinski definition) is 3. The summed E-state index contributed by atoms with van der Waals surface area (Å²) in [5.41, 5.74) is 0. The number of aromatic carboxylic acids is 1. The average Bonchev–Trinajstić information content (AvgIpc) is 2.76. The van der Waals surface area contributed by atoms with Gasteiger partial charge in [0.05, 0.1) is 0 Å². The second-order valence-corrected chi connectivity index (χ2v) is 6.14. The molecular weight excluding hydrogens is 304 g/mol. The highest BCUT2D eigenvalue weighted by atomic mass is 32.2. The van der Waals surface area contributed by atoms with Crippen LogP contribution in [-0.4, -0.2) is 37.3 Å². The molecule has 0 radical (unpaired) electrons. The molecule has 1 fully saturated rings. The molecule has 2 heterocycles. The van der Waals surface area contributed by atoms with Crippen molar-refractivity contribution in [2.45, 2.75) is 30.7 Å². The van der Waals surface area contributed by atoms with E-state index in [1.54, 1.807) is 0 Å². The Bertz CT molecular complexity index is 719. The molecular formula is C11H12N2O7S. The first-order valence-electron chi connectivity index (χ1n) is 5.90.